The van der Waals surface area contributed by atoms with E-state index in [0.717, 1.165) is 6.07 Å². The van der Waals surface area contributed by atoms with Crippen molar-refractivity contribution >= 4 is 21.7 Å². The number of rotatable bonds is 4. The highest BCUT2D eigenvalue weighted by Gasteiger charge is 2.24. The Balaban J connectivity index is 2.37. The fourth-order valence-electron chi connectivity index (χ4n) is 1.52. The van der Waals surface area contributed by atoms with Gasteiger partial charge in [-0.25, -0.2) is 13.2 Å². The number of aryl methyl sites for hydroxylation is 2. The minimum atomic E-state index is -3.90. The van der Waals surface area contributed by atoms with Gasteiger partial charge in [0.15, 0.2) is 0 Å². The van der Waals surface area contributed by atoms with Crippen LogP contribution in [0.3, 0.4) is 0 Å². The molecule has 0 atom stereocenters. The molecule has 0 aliphatic heterocycles. The van der Waals surface area contributed by atoms with E-state index in [-0.39, 0.29) is 16.3 Å². The molecule has 0 spiro atoms. The SMILES string of the molecule is Cc1oc(C(=O)O)cc1S(=O)(=O)Nc1cnn(C)c1. The Morgan fingerprint density at radius 3 is 2.68 bits per heavy atom. The summed E-state index contributed by atoms with van der Waals surface area (Å²) in [7, 11) is -2.26. The molecule has 2 rings (SSSR count). The lowest BCUT2D eigenvalue weighted by molar-refractivity contribution is 0.0661. The summed E-state index contributed by atoms with van der Waals surface area (Å²) in [5.41, 5.74) is 0.278. The standard InChI is InChI=1S/C10H11N3O5S/c1-6-9(3-8(18-6)10(14)15)19(16,17)12-7-4-11-13(2)5-7/h3-5,12H,1-2H3,(H,14,15). The maximum atomic E-state index is 12.1. The number of carbonyl (C=O) groups is 1. The summed E-state index contributed by atoms with van der Waals surface area (Å²) in [5.74, 6) is -1.75. The first-order chi connectivity index (χ1) is 8.79. The zero-order valence-electron chi connectivity index (χ0n) is 10.1. The van der Waals surface area contributed by atoms with Crippen molar-refractivity contribution in [1.82, 2.24) is 9.78 Å². The first-order valence-corrected chi connectivity index (χ1v) is 6.63. The Labute approximate surface area is 108 Å². The summed E-state index contributed by atoms with van der Waals surface area (Å²) in [6.45, 7) is 1.38. The quantitative estimate of drug-likeness (QED) is 0.859. The van der Waals surface area contributed by atoms with E-state index < -0.39 is 21.8 Å². The van der Waals surface area contributed by atoms with E-state index in [4.69, 9.17) is 9.52 Å². The van der Waals surface area contributed by atoms with Crippen LogP contribution in [0.25, 0.3) is 0 Å². The Bertz CT molecular complexity index is 728. The summed E-state index contributed by atoms with van der Waals surface area (Å²) in [6.07, 6.45) is 2.82. The number of nitrogens with zero attached hydrogens (tertiary/aromatic N) is 2. The van der Waals surface area contributed by atoms with Gasteiger partial charge in [0.1, 0.15) is 10.7 Å². The highest BCUT2D eigenvalue weighted by atomic mass is 32.2. The molecular formula is C10H11N3O5S. The molecule has 0 bridgehead atoms. The molecule has 9 heteroatoms. The number of aromatic nitrogens is 2. The average molecular weight is 285 g/mol. The van der Waals surface area contributed by atoms with Crippen molar-refractivity contribution in [2.75, 3.05) is 4.72 Å². The lowest BCUT2D eigenvalue weighted by atomic mass is 10.4. The maximum Gasteiger partial charge on any atom is 0.371 e. The van der Waals surface area contributed by atoms with Crippen molar-refractivity contribution in [3.8, 4) is 0 Å². The van der Waals surface area contributed by atoms with Crippen molar-refractivity contribution in [2.45, 2.75) is 11.8 Å². The lowest BCUT2D eigenvalue weighted by Crippen LogP contribution is -2.12. The van der Waals surface area contributed by atoms with Gasteiger partial charge in [-0.3, -0.25) is 9.40 Å². The first-order valence-electron chi connectivity index (χ1n) is 5.15. The monoisotopic (exact) mass is 285 g/mol. The van der Waals surface area contributed by atoms with Gasteiger partial charge in [0.25, 0.3) is 10.0 Å². The molecule has 0 unspecified atom stereocenters. The molecule has 102 valence electrons. The largest absolute Gasteiger partial charge is 0.475 e. The first kappa shape index (κ1) is 13.1. The fraction of sp³-hybridized carbons (Fsp3) is 0.200. The van der Waals surface area contributed by atoms with Crippen LogP contribution in [0.1, 0.15) is 16.3 Å². The van der Waals surface area contributed by atoms with Gasteiger partial charge in [-0.2, -0.15) is 5.10 Å². The molecule has 0 saturated carbocycles. The van der Waals surface area contributed by atoms with Gasteiger partial charge in [0, 0.05) is 19.3 Å². The van der Waals surface area contributed by atoms with Gasteiger partial charge >= 0.3 is 5.97 Å². The molecule has 2 aromatic rings. The second kappa shape index (κ2) is 4.43. The van der Waals surface area contributed by atoms with Crippen molar-refractivity contribution in [2.24, 2.45) is 7.05 Å². The maximum absolute atomic E-state index is 12.1. The number of hydrogen-bond donors (Lipinski definition) is 2. The van der Waals surface area contributed by atoms with Crippen LogP contribution in [0.2, 0.25) is 0 Å². The van der Waals surface area contributed by atoms with E-state index in [1.807, 2.05) is 0 Å². The highest BCUT2D eigenvalue weighted by Crippen LogP contribution is 2.22. The third-order valence-electron chi connectivity index (χ3n) is 2.33. The number of nitrogens with one attached hydrogen (secondary N) is 1. The van der Waals surface area contributed by atoms with Gasteiger partial charge in [0.05, 0.1) is 11.9 Å². The van der Waals surface area contributed by atoms with Crippen LogP contribution in [-0.4, -0.2) is 29.3 Å². The summed E-state index contributed by atoms with van der Waals surface area (Å²) < 4.78 is 32.7. The number of aromatic carboxylic acids is 1. The molecule has 0 fully saturated rings. The third-order valence-corrected chi connectivity index (χ3v) is 3.82. The molecule has 0 aromatic carbocycles. The van der Waals surface area contributed by atoms with Crippen LogP contribution >= 0.6 is 0 Å². The van der Waals surface area contributed by atoms with Gasteiger partial charge in [-0.1, -0.05) is 0 Å². The normalized spacial score (nSPS) is 11.5. The van der Waals surface area contributed by atoms with Crippen LogP contribution in [0.4, 0.5) is 5.69 Å². The number of furan rings is 1. The second-order valence-corrected chi connectivity index (χ2v) is 5.50. The van der Waals surface area contributed by atoms with Crippen LogP contribution in [-0.2, 0) is 17.1 Å². The molecule has 2 N–H and O–H groups in total. The minimum Gasteiger partial charge on any atom is -0.475 e. The van der Waals surface area contributed by atoms with E-state index in [1.165, 1.54) is 24.0 Å². The van der Waals surface area contributed by atoms with Crippen molar-refractivity contribution in [3.05, 3.63) is 30.0 Å². The molecule has 8 nitrogen and oxygen atoms in total. The van der Waals surface area contributed by atoms with E-state index in [9.17, 15) is 13.2 Å². The molecule has 0 saturated heterocycles. The van der Waals surface area contributed by atoms with Gasteiger partial charge < -0.3 is 9.52 Å². The van der Waals surface area contributed by atoms with Gasteiger partial charge in [-0.05, 0) is 6.92 Å². The lowest BCUT2D eigenvalue weighted by Gasteiger charge is -2.03. The summed E-state index contributed by atoms with van der Waals surface area (Å²) in [5, 5.41) is 12.6. The minimum absolute atomic E-state index is 0.00814. The Hall–Kier alpha value is -2.29. The summed E-state index contributed by atoms with van der Waals surface area (Å²) >= 11 is 0. The van der Waals surface area contributed by atoms with Crippen LogP contribution in [0.5, 0.6) is 0 Å². The number of sulfonamides is 1. The van der Waals surface area contributed by atoms with Crippen LogP contribution < -0.4 is 4.72 Å². The zero-order valence-corrected chi connectivity index (χ0v) is 10.9. The average Bonchev–Trinajstić information content (AvgIpc) is 2.85. The topological polar surface area (TPSA) is 114 Å². The molecule has 0 aliphatic carbocycles. The molecule has 19 heavy (non-hydrogen) atoms. The van der Waals surface area contributed by atoms with E-state index >= 15 is 0 Å². The van der Waals surface area contributed by atoms with Crippen LogP contribution in [0.15, 0.2) is 27.8 Å². The van der Waals surface area contributed by atoms with E-state index in [0.29, 0.717) is 0 Å². The van der Waals surface area contributed by atoms with Crippen molar-refractivity contribution < 1.29 is 22.7 Å². The third kappa shape index (κ3) is 2.60. The number of carboxylic acids is 1. The number of carboxylic acid groups (broad SMARTS) is 1. The smallest absolute Gasteiger partial charge is 0.371 e. The molecular weight excluding hydrogens is 274 g/mol. The zero-order chi connectivity index (χ0) is 14.2. The molecule has 0 radical (unpaired) electrons. The fourth-order valence-corrected chi connectivity index (χ4v) is 2.73. The Morgan fingerprint density at radius 2 is 2.21 bits per heavy atom. The summed E-state index contributed by atoms with van der Waals surface area (Å²) in [6, 6.07) is 0.969. The highest BCUT2D eigenvalue weighted by molar-refractivity contribution is 7.92. The molecule has 0 aliphatic rings. The predicted octanol–water partition coefficient (Wildman–Crippen LogP) is 0.821. The Kier molecular flexibility index (Phi) is 3.06. The van der Waals surface area contributed by atoms with E-state index in [2.05, 4.69) is 9.82 Å². The summed E-state index contributed by atoms with van der Waals surface area (Å²) in [4.78, 5) is 10.5. The van der Waals surface area contributed by atoms with E-state index in [1.54, 1.807) is 7.05 Å². The van der Waals surface area contributed by atoms with Gasteiger partial charge in [-0.15, -0.1) is 0 Å². The van der Waals surface area contributed by atoms with Crippen LogP contribution in [0, 0.1) is 6.92 Å². The predicted molar refractivity (Wildman–Crippen MR) is 64.4 cm³/mol. The number of hydrogen-bond acceptors (Lipinski definition) is 5. The van der Waals surface area contributed by atoms with Crippen molar-refractivity contribution in [1.29, 1.82) is 0 Å². The molecule has 0 amide bonds. The van der Waals surface area contributed by atoms with Crippen molar-refractivity contribution in [3.63, 3.8) is 0 Å². The van der Waals surface area contributed by atoms with Gasteiger partial charge in [0.2, 0.25) is 5.76 Å². The number of anilines is 1. The molecule has 2 heterocycles. The second-order valence-electron chi connectivity index (χ2n) is 3.84. The Morgan fingerprint density at radius 1 is 1.53 bits per heavy atom. The molecule has 2 aromatic heterocycles.